The molecule has 3 unspecified atom stereocenters. The summed E-state index contributed by atoms with van der Waals surface area (Å²) in [6.45, 7) is 5.38. The molecule has 1 aromatic rings. The number of hydrogen-bond donors (Lipinski definition) is 2. The van der Waals surface area contributed by atoms with Crippen molar-refractivity contribution in [2.45, 2.75) is 38.6 Å². The van der Waals surface area contributed by atoms with Crippen molar-refractivity contribution in [3.8, 4) is 0 Å². The summed E-state index contributed by atoms with van der Waals surface area (Å²) < 4.78 is 1.11. The fraction of sp³-hybridized carbons (Fsp3) is 0.600. The summed E-state index contributed by atoms with van der Waals surface area (Å²) in [5, 5.41) is 3.71. The first kappa shape index (κ1) is 13.9. The lowest BCUT2D eigenvalue weighted by Crippen LogP contribution is -2.54. The van der Waals surface area contributed by atoms with Crippen LogP contribution in [-0.4, -0.2) is 12.1 Å². The monoisotopic (exact) mass is 310 g/mol. The molecule has 2 rings (SSSR count). The minimum absolute atomic E-state index is 0.0540. The Bertz CT molecular complexity index is 407. The Labute approximate surface area is 118 Å². The molecule has 3 atom stereocenters. The Hall–Kier alpha value is -0.540. The Balaban J connectivity index is 2.22. The molecule has 3 N–H and O–H groups in total. The van der Waals surface area contributed by atoms with Gasteiger partial charge in [0, 0.05) is 16.7 Å². The van der Waals surface area contributed by atoms with Gasteiger partial charge in [0.25, 0.3) is 0 Å². The molecule has 100 valence electrons. The first-order chi connectivity index (χ1) is 8.57. The van der Waals surface area contributed by atoms with Crippen molar-refractivity contribution in [2.24, 2.45) is 17.6 Å². The van der Waals surface area contributed by atoms with Gasteiger partial charge in [0.1, 0.15) is 0 Å². The highest BCUT2D eigenvalue weighted by Gasteiger charge is 2.40. The molecule has 0 aromatic heterocycles. The van der Waals surface area contributed by atoms with Gasteiger partial charge >= 0.3 is 0 Å². The lowest BCUT2D eigenvalue weighted by Gasteiger charge is -2.46. The second kappa shape index (κ2) is 5.62. The molecule has 0 bridgehead atoms. The number of nitrogens with one attached hydrogen (secondary N) is 1. The van der Waals surface area contributed by atoms with Crippen molar-refractivity contribution in [3.63, 3.8) is 0 Å². The van der Waals surface area contributed by atoms with Crippen molar-refractivity contribution >= 4 is 21.6 Å². The van der Waals surface area contributed by atoms with Crippen LogP contribution in [-0.2, 0) is 0 Å². The molecule has 0 amide bonds. The van der Waals surface area contributed by atoms with Crippen LogP contribution < -0.4 is 11.1 Å². The van der Waals surface area contributed by atoms with Gasteiger partial charge in [-0.2, -0.15) is 0 Å². The average molecular weight is 311 g/mol. The van der Waals surface area contributed by atoms with Crippen LogP contribution in [0.4, 0.5) is 5.69 Å². The molecular formula is C15H23BrN2. The zero-order chi connectivity index (χ0) is 13.2. The van der Waals surface area contributed by atoms with Crippen LogP contribution in [0.25, 0.3) is 0 Å². The average Bonchev–Trinajstić information content (AvgIpc) is 2.35. The van der Waals surface area contributed by atoms with E-state index in [9.17, 15) is 0 Å². The van der Waals surface area contributed by atoms with Gasteiger partial charge in [-0.15, -0.1) is 0 Å². The van der Waals surface area contributed by atoms with E-state index >= 15 is 0 Å². The standard InChI is InChI=1S/C15H23BrN2/c1-11-5-4-8-15(10-17,12(11)2)18-14-7-3-6-13(16)9-14/h3,6-7,9,11-12,18H,4-5,8,10,17H2,1-2H3. The Morgan fingerprint density at radius 2 is 2.22 bits per heavy atom. The molecule has 0 aliphatic heterocycles. The molecule has 0 radical (unpaired) electrons. The Morgan fingerprint density at radius 1 is 1.44 bits per heavy atom. The molecule has 1 saturated carbocycles. The van der Waals surface area contributed by atoms with Gasteiger partial charge < -0.3 is 11.1 Å². The molecule has 18 heavy (non-hydrogen) atoms. The number of rotatable bonds is 3. The molecule has 0 saturated heterocycles. The van der Waals surface area contributed by atoms with Crippen molar-refractivity contribution in [1.29, 1.82) is 0 Å². The van der Waals surface area contributed by atoms with Crippen LogP contribution in [0, 0.1) is 11.8 Å². The quantitative estimate of drug-likeness (QED) is 0.885. The summed E-state index contributed by atoms with van der Waals surface area (Å²) in [6.07, 6.45) is 3.76. The van der Waals surface area contributed by atoms with Crippen LogP contribution in [0.5, 0.6) is 0 Å². The van der Waals surface area contributed by atoms with Gasteiger partial charge in [0.05, 0.1) is 5.54 Å². The van der Waals surface area contributed by atoms with E-state index in [1.54, 1.807) is 0 Å². The predicted octanol–water partition coefficient (Wildman–Crippen LogP) is 4.01. The minimum Gasteiger partial charge on any atom is -0.378 e. The summed E-state index contributed by atoms with van der Waals surface area (Å²) in [5.74, 6) is 1.34. The summed E-state index contributed by atoms with van der Waals surface area (Å²) in [6, 6.07) is 8.36. The molecule has 0 heterocycles. The first-order valence-corrected chi connectivity index (χ1v) is 7.60. The van der Waals surface area contributed by atoms with Gasteiger partial charge in [-0.3, -0.25) is 0 Å². The van der Waals surface area contributed by atoms with E-state index in [1.807, 2.05) is 6.07 Å². The maximum absolute atomic E-state index is 6.10. The zero-order valence-corrected chi connectivity index (χ0v) is 12.8. The van der Waals surface area contributed by atoms with Crippen molar-refractivity contribution in [3.05, 3.63) is 28.7 Å². The molecule has 1 aliphatic carbocycles. The normalized spacial score (nSPS) is 32.2. The summed E-state index contributed by atoms with van der Waals surface area (Å²) in [4.78, 5) is 0. The third-order valence-corrected chi connectivity index (χ3v) is 5.08. The number of nitrogens with two attached hydrogens (primary N) is 1. The van der Waals surface area contributed by atoms with Crippen molar-refractivity contribution in [1.82, 2.24) is 0 Å². The zero-order valence-electron chi connectivity index (χ0n) is 11.2. The molecule has 0 spiro atoms. The lowest BCUT2D eigenvalue weighted by molar-refractivity contribution is 0.168. The lowest BCUT2D eigenvalue weighted by atomic mass is 9.68. The molecule has 1 fully saturated rings. The smallest absolute Gasteiger partial charge is 0.0523 e. The fourth-order valence-corrected chi connectivity index (χ4v) is 3.53. The van der Waals surface area contributed by atoms with Crippen molar-refractivity contribution in [2.75, 3.05) is 11.9 Å². The van der Waals surface area contributed by atoms with Crippen LogP contribution in [0.2, 0.25) is 0 Å². The van der Waals surface area contributed by atoms with Crippen LogP contribution in [0.1, 0.15) is 33.1 Å². The highest BCUT2D eigenvalue weighted by atomic mass is 79.9. The Kier molecular flexibility index (Phi) is 4.33. The molecular weight excluding hydrogens is 288 g/mol. The van der Waals surface area contributed by atoms with E-state index in [4.69, 9.17) is 5.73 Å². The summed E-state index contributed by atoms with van der Waals surface area (Å²) in [5.41, 5.74) is 7.32. The maximum atomic E-state index is 6.10. The largest absolute Gasteiger partial charge is 0.378 e. The van der Waals surface area contributed by atoms with Crippen molar-refractivity contribution < 1.29 is 0 Å². The number of hydrogen-bond acceptors (Lipinski definition) is 2. The van der Waals surface area contributed by atoms with E-state index in [1.165, 1.54) is 19.3 Å². The van der Waals surface area contributed by atoms with Gasteiger partial charge in [0.2, 0.25) is 0 Å². The molecule has 3 heteroatoms. The predicted molar refractivity (Wildman–Crippen MR) is 81.7 cm³/mol. The number of halogens is 1. The number of benzene rings is 1. The summed E-state index contributed by atoms with van der Waals surface area (Å²) >= 11 is 3.52. The number of anilines is 1. The van der Waals surface area contributed by atoms with Crippen LogP contribution in [0.15, 0.2) is 28.7 Å². The fourth-order valence-electron chi connectivity index (χ4n) is 3.13. The van der Waals surface area contributed by atoms with Gasteiger partial charge in [-0.05, 0) is 36.5 Å². The first-order valence-electron chi connectivity index (χ1n) is 6.81. The highest BCUT2D eigenvalue weighted by molar-refractivity contribution is 9.10. The molecule has 2 nitrogen and oxygen atoms in total. The van der Waals surface area contributed by atoms with Gasteiger partial charge in [0.15, 0.2) is 0 Å². The van der Waals surface area contributed by atoms with Gasteiger partial charge in [-0.25, -0.2) is 0 Å². The third kappa shape index (κ3) is 2.72. The topological polar surface area (TPSA) is 38.0 Å². The van der Waals surface area contributed by atoms with E-state index < -0.39 is 0 Å². The second-order valence-electron chi connectivity index (χ2n) is 5.65. The molecule has 1 aliphatic rings. The van der Waals surface area contributed by atoms with E-state index in [2.05, 4.69) is 53.3 Å². The second-order valence-corrected chi connectivity index (χ2v) is 6.57. The Morgan fingerprint density at radius 3 is 2.89 bits per heavy atom. The van der Waals surface area contributed by atoms with Crippen LogP contribution in [0.3, 0.4) is 0 Å². The maximum Gasteiger partial charge on any atom is 0.0523 e. The third-order valence-electron chi connectivity index (χ3n) is 4.59. The minimum atomic E-state index is 0.0540. The highest BCUT2D eigenvalue weighted by Crippen LogP contribution is 2.39. The van der Waals surface area contributed by atoms with Crippen LogP contribution >= 0.6 is 15.9 Å². The van der Waals surface area contributed by atoms with E-state index in [0.717, 1.165) is 16.1 Å². The van der Waals surface area contributed by atoms with E-state index in [0.29, 0.717) is 12.5 Å². The summed E-state index contributed by atoms with van der Waals surface area (Å²) in [7, 11) is 0. The van der Waals surface area contributed by atoms with E-state index in [-0.39, 0.29) is 5.54 Å². The van der Waals surface area contributed by atoms with Gasteiger partial charge in [-0.1, -0.05) is 48.7 Å². The SMILES string of the molecule is CC1CCCC(CN)(Nc2cccc(Br)c2)C1C. The molecule has 1 aromatic carbocycles.